The number of nitro benzene ring substituents is 1. The maximum absolute atomic E-state index is 12.2. The number of pyridine rings is 1. The lowest BCUT2D eigenvalue weighted by molar-refractivity contribution is -0.384. The van der Waals surface area contributed by atoms with E-state index in [1.54, 1.807) is 31.6 Å². The normalized spacial score (nSPS) is 9.95. The Labute approximate surface area is 121 Å². The van der Waals surface area contributed by atoms with Gasteiger partial charge in [-0.05, 0) is 23.8 Å². The van der Waals surface area contributed by atoms with Gasteiger partial charge < -0.3 is 10.6 Å². The number of hydrogen-bond donors (Lipinski definition) is 2. The number of benzene rings is 1. The first-order chi connectivity index (χ1) is 10.1. The molecule has 0 aliphatic heterocycles. The van der Waals surface area contributed by atoms with Crippen LogP contribution in [0.15, 0.2) is 42.7 Å². The Hall–Kier alpha value is -2.96. The highest BCUT2D eigenvalue weighted by atomic mass is 16.6. The highest BCUT2D eigenvalue weighted by Gasteiger charge is 2.15. The summed E-state index contributed by atoms with van der Waals surface area (Å²) < 4.78 is 0. The minimum atomic E-state index is -0.529. The van der Waals surface area contributed by atoms with Crippen LogP contribution in [0.1, 0.15) is 15.9 Å². The predicted molar refractivity (Wildman–Crippen MR) is 78.1 cm³/mol. The van der Waals surface area contributed by atoms with Gasteiger partial charge in [-0.2, -0.15) is 0 Å². The van der Waals surface area contributed by atoms with Gasteiger partial charge in [-0.1, -0.05) is 0 Å². The Morgan fingerprint density at radius 2 is 2.00 bits per heavy atom. The van der Waals surface area contributed by atoms with Crippen LogP contribution in [0.25, 0.3) is 0 Å². The van der Waals surface area contributed by atoms with E-state index in [4.69, 9.17) is 0 Å². The summed E-state index contributed by atoms with van der Waals surface area (Å²) in [7, 11) is 1.65. The second-order valence-electron chi connectivity index (χ2n) is 4.28. The van der Waals surface area contributed by atoms with Gasteiger partial charge in [0.2, 0.25) is 0 Å². The lowest BCUT2D eigenvalue weighted by Gasteiger charge is -2.09. The van der Waals surface area contributed by atoms with Crippen LogP contribution in [0.3, 0.4) is 0 Å². The third-order valence-corrected chi connectivity index (χ3v) is 2.93. The number of aromatic nitrogens is 1. The molecule has 0 atom stereocenters. The number of hydrogen-bond acceptors (Lipinski definition) is 5. The highest BCUT2D eigenvalue weighted by molar-refractivity contribution is 6.00. The second kappa shape index (κ2) is 6.47. The fourth-order valence-corrected chi connectivity index (χ4v) is 1.83. The first-order valence-corrected chi connectivity index (χ1v) is 6.25. The molecule has 1 heterocycles. The maximum Gasteiger partial charge on any atom is 0.270 e. The first-order valence-electron chi connectivity index (χ1n) is 6.25. The molecule has 7 heteroatoms. The Balaban J connectivity index is 2.17. The van der Waals surface area contributed by atoms with Crippen molar-refractivity contribution in [2.24, 2.45) is 0 Å². The molecule has 0 bridgehead atoms. The van der Waals surface area contributed by atoms with Gasteiger partial charge in [-0.15, -0.1) is 0 Å². The van der Waals surface area contributed by atoms with Gasteiger partial charge in [0.15, 0.2) is 0 Å². The predicted octanol–water partition coefficient (Wildman–Crippen LogP) is 1.96. The number of nitrogens with zero attached hydrogens (tertiary/aromatic N) is 2. The molecule has 7 nitrogen and oxygen atoms in total. The molecule has 2 rings (SSSR count). The molecule has 1 aromatic carbocycles. The average Bonchev–Trinajstić information content (AvgIpc) is 2.52. The molecule has 21 heavy (non-hydrogen) atoms. The summed E-state index contributed by atoms with van der Waals surface area (Å²) >= 11 is 0. The monoisotopic (exact) mass is 286 g/mol. The molecule has 108 valence electrons. The molecule has 0 unspecified atom stereocenters. The van der Waals surface area contributed by atoms with Crippen molar-refractivity contribution in [3.05, 3.63) is 64.0 Å². The molecule has 0 aliphatic rings. The van der Waals surface area contributed by atoms with Crippen LogP contribution in [-0.2, 0) is 6.54 Å². The Morgan fingerprint density at radius 3 is 2.62 bits per heavy atom. The first kappa shape index (κ1) is 14.4. The topological polar surface area (TPSA) is 97.2 Å². The summed E-state index contributed by atoms with van der Waals surface area (Å²) in [6.45, 7) is 0.327. The highest BCUT2D eigenvalue weighted by Crippen LogP contribution is 2.21. The van der Waals surface area contributed by atoms with Gasteiger partial charge in [0.1, 0.15) is 0 Å². The van der Waals surface area contributed by atoms with E-state index in [1.165, 1.54) is 18.2 Å². The molecule has 0 fully saturated rings. The van der Waals surface area contributed by atoms with Crippen molar-refractivity contribution >= 4 is 17.3 Å². The van der Waals surface area contributed by atoms with Gasteiger partial charge >= 0.3 is 0 Å². The van der Waals surface area contributed by atoms with Gasteiger partial charge in [0.05, 0.1) is 10.5 Å². The smallest absolute Gasteiger partial charge is 0.270 e. The fraction of sp³-hybridized carbons (Fsp3) is 0.143. The molecule has 0 saturated carbocycles. The molecule has 2 N–H and O–H groups in total. The van der Waals surface area contributed by atoms with Crippen LogP contribution in [0, 0.1) is 10.1 Å². The van der Waals surface area contributed by atoms with E-state index in [2.05, 4.69) is 15.6 Å². The molecular formula is C14H14N4O3. The van der Waals surface area contributed by atoms with Crippen LogP contribution in [-0.4, -0.2) is 22.9 Å². The van der Waals surface area contributed by atoms with Gasteiger partial charge in [0, 0.05) is 43.8 Å². The summed E-state index contributed by atoms with van der Waals surface area (Å²) in [5.41, 5.74) is 1.55. The van der Waals surface area contributed by atoms with Crippen LogP contribution >= 0.6 is 0 Å². The van der Waals surface area contributed by atoms with Crippen molar-refractivity contribution in [2.75, 3.05) is 12.4 Å². The zero-order chi connectivity index (χ0) is 15.2. The number of amides is 1. The molecular weight excluding hydrogens is 272 g/mol. The van der Waals surface area contributed by atoms with Crippen molar-refractivity contribution in [1.82, 2.24) is 10.3 Å². The molecule has 1 aromatic heterocycles. The molecule has 0 saturated heterocycles. The second-order valence-corrected chi connectivity index (χ2v) is 4.28. The number of nitro groups is 1. The van der Waals surface area contributed by atoms with E-state index in [-0.39, 0.29) is 17.2 Å². The van der Waals surface area contributed by atoms with Crippen molar-refractivity contribution in [2.45, 2.75) is 6.54 Å². The lowest BCUT2D eigenvalue weighted by atomic mass is 10.1. The zero-order valence-corrected chi connectivity index (χ0v) is 11.4. The average molecular weight is 286 g/mol. The summed E-state index contributed by atoms with van der Waals surface area (Å²) in [5, 5.41) is 16.4. The third kappa shape index (κ3) is 3.53. The van der Waals surface area contributed by atoms with Crippen molar-refractivity contribution in [1.29, 1.82) is 0 Å². The van der Waals surface area contributed by atoms with Crippen molar-refractivity contribution in [3.63, 3.8) is 0 Å². The number of nitrogens with one attached hydrogen (secondary N) is 2. The van der Waals surface area contributed by atoms with E-state index < -0.39 is 4.92 Å². The van der Waals surface area contributed by atoms with E-state index in [0.717, 1.165) is 5.56 Å². The van der Waals surface area contributed by atoms with E-state index >= 15 is 0 Å². The molecule has 0 radical (unpaired) electrons. The third-order valence-electron chi connectivity index (χ3n) is 2.93. The van der Waals surface area contributed by atoms with Crippen molar-refractivity contribution < 1.29 is 9.72 Å². The minimum Gasteiger partial charge on any atom is -0.387 e. The lowest BCUT2D eigenvalue weighted by Crippen LogP contribution is -2.23. The van der Waals surface area contributed by atoms with E-state index in [0.29, 0.717) is 12.2 Å². The number of rotatable bonds is 5. The molecule has 1 amide bonds. The van der Waals surface area contributed by atoms with Gasteiger partial charge in [-0.3, -0.25) is 19.9 Å². The maximum atomic E-state index is 12.2. The Kier molecular flexibility index (Phi) is 4.45. The number of anilines is 1. The van der Waals surface area contributed by atoms with Crippen LogP contribution in [0.4, 0.5) is 11.4 Å². The summed E-state index contributed by atoms with van der Waals surface area (Å²) in [6, 6.07) is 7.69. The summed E-state index contributed by atoms with van der Waals surface area (Å²) in [5.74, 6) is -0.375. The van der Waals surface area contributed by atoms with Gasteiger partial charge in [0.25, 0.3) is 11.6 Å². The zero-order valence-electron chi connectivity index (χ0n) is 11.4. The van der Waals surface area contributed by atoms with E-state index in [1.807, 2.05) is 0 Å². The quantitative estimate of drug-likeness (QED) is 0.647. The molecule has 0 aliphatic carbocycles. The fourth-order valence-electron chi connectivity index (χ4n) is 1.83. The number of non-ortho nitro benzene ring substituents is 1. The largest absolute Gasteiger partial charge is 0.387 e. The summed E-state index contributed by atoms with van der Waals surface area (Å²) in [4.78, 5) is 26.3. The number of carbonyl (C=O) groups excluding carboxylic acids is 1. The van der Waals surface area contributed by atoms with Crippen LogP contribution in [0.2, 0.25) is 0 Å². The molecule has 2 aromatic rings. The van der Waals surface area contributed by atoms with Crippen molar-refractivity contribution in [3.8, 4) is 0 Å². The Bertz CT molecular complexity index is 659. The Morgan fingerprint density at radius 1 is 1.29 bits per heavy atom. The SMILES string of the molecule is CNc1ccc([N+](=O)[O-])cc1C(=O)NCc1ccncc1. The minimum absolute atomic E-state index is 0.122. The number of carbonyl (C=O) groups is 1. The molecule has 0 spiro atoms. The van der Waals surface area contributed by atoms with Crippen LogP contribution < -0.4 is 10.6 Å². The van der Waals surface area contributed by atoms with E-state index in [9.17, 15) is 14.9 Å². The van der Waals surface area contributed by atoms with Crippen LogP contribution in [0.5, 0.6) is 0 Å². The standard InChI is InChI=1S/C14H14N4O3/c1-15-13-3-2-11(18(20)21)8-12(13)14(19)17-9-10-4-6-16-7-5-10/h2-8,15H,9H2,1H3,(H,17,19). The van der Waals surface area contributed by atoms with Gasteiger partial charge in [-0.25, -0.2) is 0 Å². The summed E-state index contributed by atoms with van der Waals surface area (Å²) in [6.07, 6.45) is 3.27.